The number of phenols is 1. The Bertz CT molecular complexity index is 375. The van der Waals surface area contributed by atoms with Crippen molar-refractivity contribution in [2.75, 3.05) is 18.0 Å². The molecule has 1 aromatic carbocycles. The number of anilines is 1. The molecule has 1 unspecified atom stereocenters. The molecule has 3 heteroatoms. The van der Waals surface area contributed by atoms with Gasteiger partial charge in [0.2, 0.25) is 0 Å². The van der Waals surface area contributed by atoms with Gasteiger partial charge >= 0.3 is 0 Å². The van der Waals surface area contributed by atoms with Gasteiger partial charge in [-0.2, -0.15) is 0 Å². The molecule has 0 aromatic heterocycles. The van der Waals surface area contributed by atoms with Crippen molar-refractivity contribution in [2.45, 2.75) is 40.2 Å². The maximum absolute atomic E-state index is 10.1. The summed E-state index contributed by atoms with van der Waals surface area (Å²) in [6, 6.07) is 5.73. The minimum absolute atomic E-state index is 0.0965. The zero-order valence-electron chi connectivity index (χ0n) is 12.0. The Balaban J connectivity index is 2.99. The van der Waals surface area contributed by atoms with E-state index in [0.717, 1.165) is 30.8 Å². The van der Waals surface area contributed by atoms with Crippen molar-refractivity contribution in [1.82, 2.24) is 0 Å². The van der Waals surface area contributed by atoms with Crippen LogP contribution in [-0.2, 0) is 0 Å². The first-order valence-electron chi connectivity index (χ1n) is 6.88. The van der Waals surface area contributed by atoms with E-state index < -0.39 is 0 Å². The van der Waals surface area contributed by atoms with E-state index in [1.807, 2.05) is 18.2 Å². The average Bonchev–Trinajstić information content (AvgIpc) is 2.38. The summed E-state index contributed by atoms with van der Waals surface area (Å²) in [4.78, 5) is 2.21. The summed E-state index contributed by atoms with van der Waals surface area (Å²) in [6.45, 7) is 10.3. The van der Waals surface area contributed by atoms with Gasteiger partial charge in [0.1, 0.15) is 5.75 Å². The van der Waals surface area contributed by atoms with Crippen LogP contribution in [0.15, 0.2) is 18.2 Å². The number of phenolic OH excluding ortho intramolecular Hbond substituents is 1. The zero-order chi connectivity index (χ0) is 13.7. The lowest BCUT2D eigenvalue weighted by Gasteiger charge is -2.24. The van der Waals surface area contributed by atoms with Crippen LogP contribution >= 0.6 is 0 Å². The van der Waals surface area contributed by atoms with Crippen LogP contribution in [0.1, 0.15) is 45.7 Å². The highest BCUT2D eigenvalue weighted by molar-refractivity contribution is 5.54. The van der Waals surface area contributed by atoms with Gasteiger partial charge in [-0.1, -0.05) is 26.3 Å². The van der Waals surface area contributed by atoms with E-state index in [-0.39, 0.29) is 6.04 Å². The molecule has 3 nitrogen and oxygen atoms in total. The summed E-state index contributed by atoms with van der Waals surface area (Å²) in [5, 5.41) is 10.1. The van der Waals surface area contributed by atoms with Crippen molar-refractivity contribution in [2.24, 2.45) is 11.7 Å². The monoisotopic (exact) mass is 250 g/mol. The normalized spacial score (nSPS) is 14.3. The third-order valence-corrected chi connectivity index (χ3v) is 3.76. The van der Waals surface area contributed by atoms with E-state index >= 15 is 0 Å². The molecule has 1 rings (SSSR count). The number of rotatable bonds is 6. The molecule has 18 heavy (non-hydrogen) atoms. The fourth-order valence-electron chi connectivity index (χ4n) is 2.16. The molecule has 102 valence electrons. The molecule has 0 aliphatic rings. The van der Waals surface area contributed by atoms with Crippen molar-refractivity contribution in [3.63, 3.8) is 0 Å². The first-order chi connectivity index (χ1) is 8.54. The molecule has 0 saturated heterocycles. The number of nitrogens with two attached hydrogens (primary N) is 1. The molecule has 2 atom stereocenters. The number of benzene rings is 1. The molecule has 0 aliphatic carbocycles. The lowest BCUT2D eigenvalue weighted by Crippen LogP contribution is -2.22. The Hall–Kier alpha value is -1.22. The van der Waals surface area contributed by atoms with E-state index in [0.29, 0.717) is 11.7 Å². The Labute approximate surface area is 111 Å². The van der Waals surface area contributed by atoms with Gasteiger partial charge in [0, 0.05) is 36.4 Å². The summed E-state index contributed by atoms with van der Waals surface area (Å²) >= 11 is 0. The van der Waals surface area contributed by atoms with Gasteiger partial charge in [0.15, 0.2) is 0 Å². The van der Waals surface area contributed by atoms with Crippen LogP contribution < -0.4 is 10.6 Å². The lowest BCUT2D eigenvalue weighted by atomic mass is 9.92. The summed E-state index contributed by atoms with van der Waals surface area (Å²) < 4.78 is 0. The van der Waals surface area contributed by atoms with E-state index in [2.05, 4.69) is 32.6 Å². The second kappa shape index (κ2) is 6.64. The van der Waals surface area contributed by atoms with Crippen LogP contribution in [0.3, 0.4) is 0 Å². The third kappa shape index (κ3) is 3.16. The van der Waals surface area contributed by atoms with Crippen LogP contribution in [-0.4, -0.2) is 18.2 Å². The van der Waals surface area contributed by atoms with Crippen molar-refractivity contribution in [3.8, 4) is 5.75 Å². The van der Waals surface area contributed by atoms with Crippen LogP contribution in [0.4, 0.5) is 5.69 Å². The van der Waals surface area contributed by atoms with E-state index in [4.69, 9.17) is 5.73 Å². The van der Waals surface area contributed by atoms with Crippen molar-refractivity contribution in [3.05, 3.63) is 23.8 Å². The predicted molar refractivity (Wildman–Crippen MR) is 78.1 cm³/mol. The van der Waals surface area contributed by atoms with Gasteiger partial charge < -0.3 is 15.7 Å². The molecule has 1 aromatic rings. The molecule has 0 fully saturated rings. The smallest absolute Gasteiger partial charge is 0.122 e. The predicted octanol–water partition coefficient (Wildman–Crippen LogP) is 3.28. The molecular formula is C15H26N2O. The van der Waals surface area contributed by atoms with Crippen molar-refractivity contribution in [1.29, 1.82) is 0 Å². The summed E-state index contributed by atoms with van der Waals surface area (Å²) in [5.41, 5.74) is 8.07. The van der Waals surface area contributed by atoms with E-state index in [1.54, 1.807) is 0 Å². The molecule has 0 spiro atoms. The highest BCUT2D eigenvalue weighted by atomic mass is 16.3. The van der Waals surface area contributed by atoms with Crippen molar-refractivity contribution >= 4 is 5.69 Å². The quantitative estimate of drug-likeness (QED) is 0.814. The fraction of sp³-hybridized carbons (Fsp3) is 0.600. The fourth-order valence-corrected chi connectivity index (χ4v) is 2.16. The first-order valence-corrected chi connectivity index (χ1v) is 6.88. The van der Waals surface area contributed by atoms with Crippen LogP contribution in [0.25, 0.3) is 0 Å². The van der Waals surface area contributed by atoms with Gasteiger partial charge in [0.25, 0.3) is 0 Å². The summed E-state index contributed by atoms with van der Waals surface area (Å²) in [7, 11) is 0. The zero-order valence-corrected chi connectivity index (χ0v) is 12.0. The average molecular weight is 250 g/mol. The number of hydrogen-bond donors (Lipinski definition) is 2. The van der Waals surface area contributed by atoms with Gasteiger partial charge in [-0.15, -0.1) is 0 Å². The Morgan fingerprint density at radius 3 is 2.28 bits per heavy atom. The molecule has 0 aliphatic heterocycles. The van der Waals surface area contributed by atoms with Crippen LogP contribution in [0.5, 0.6) is 5.75 Å². The first kappa shape index (κ1) is 14.8. The maximum Gasteiger partial charge on any atom is 0.122 e. The topological polar surface area (TPSA) is 49.5 Å². The van der Waals surface area contributed by atoms with E-state index in [9.17, 15) is 5.11 Å². The number of aromatic hydroxyl groups is 1. The molecule has 0 heterocycles. The SMILES string of the molecule is CCC(C)[C@H](N)c1ccc(N(CC)CC)cc1O. The highest BCUT2D eigenvalue weighted by Crippen LogP contribution is 2.32. The molecule has 0 saturated carbocycles. The third-order valence-electron chi connectivity index (χ3n) is 3.76. The molecule has 0 amide bonds. The van der Waals surface area contributed by atoms with Gasteiger partial charge in [-0.25, -0.2) is 0 Å². The second-order valence-electron chi connectivity index (χ2n) is 4.83. The Morgan fingerprint density at radius 2 is 1.83 bits per heavy atom. The highest BCUT2D eigenvalue weighted by Gasteiger charge is 2.17. The maximum atomic E-state index is 10.1. The van der Waals surface area contributed by atoms with Gasteiger partial charge in [-0.05, 0) is 25.8 Å². The van der Waals surface area contributed by atoms with Gasteiger partial charge in [-0.3, -0.25) is 0 Å². The second-order valence-corrected chi connectivity index (χ2v) is 4.83. The summed E-state index contributed by atoms with van der Waals surface area (Å²) in [6.07, 6.45) is 1.01. The summed E-state index contributed by atoms with van der Waals surface area (Å²) in [5.74, 6) is 0.683. The number of nitrogens with zero attached hydrogens (tertiary/aromatic N) is 1. The van der Waals surface area contributed by atoms with Crippen molar-refractivity contribution < 1.29 is 5.11 Å². The molecule has 0 bridgehead atoms. The minimum atomic E-state index is -0.0965. The Kier molecular flexibility index (Phi) is 5.48. The van der Waals surface area contributed by atoms with E-state index in [1.165, 1.54) is 0 Å². The standard InChI is InChI=1S/C15H26N2O/c1-5-11(4)15(16)13-9-8-12(10-14(13)18)17(6-2)7-3/h8-11,15,18H,5-7,16H2,1-4H3/t11?,15-/m0/s1. The molecular weight excluding hydrogens is 224 g/mol. The molecule has 0 radical (unpaired) electrons. The molecule has 3 N–H and O–H groups in total. The van der Waals surface area contributed by atoms with Crippen LogP contribution in [0, 0.1) is 5.92 Å². The lowest BCUT2D eigenvalue weighted by molar-refractivity contribution is 0.419. The largest absolute Gasteiger partial charge is 0.508 e. The number of hydrogen-bond acceptors (Lipinski definition) is 3. The minimum Gasteiger partial charge on any atom is -0.508 e. The van der Waals surface area contributed by atoms with Crippen LogP contribution in [0.2, 0.25) is 0 Å². The van der Waals surface area contributed by atoms with Gasteiger partial charge in [0.05, 0.1) is 0 Å². The Morgan fingerprint density at radius 1 is 1.22 bits per heavy atom.